The van der Waals surface area contributed by atoms with Gasteiger partial charge in [0.15, 0.2) is 11.5 Å². The SMILES string of the molecule is COc1cc(Br)c(C(O)CCc2ccccc2)cc1OC. The van der Waals surface area contributed by atoms with Gasteiger partial charge in [-0.05, 0) is 36.1 Å². The van der Waals surface area contributed by atoms with E-state index in [0.717, 1.165) is 16.5 Å². The van der Waals surface area contributed by atoms with Crippen molar-refractivity contribution in [3.05, 3.63) is 58.1 Å². The highest BCUT2D eigenvalue weighted by molar-refractivity contribution is 9.10. The number of hydrogen-bond acceptors (Lipinski definition) is 3. The molecule has 21 heavy (non-hydrogen) atoms. The van der Waals surface area contributed by atoms with Gasteiger partial charge < -0.3 is 14.6 Å². The summed E-state index contributed by atoms with van der Waals surface area (Å²) in [7, 11) is 3.18. The smallest absolute Gasteiger partial charge is 0.161 e. The highest BCUT2D eigenvalue weighted by atomic mass is 79.9. The Balaban J connectivity index is 2.13. The monoisotopic (exact) mass is 350 g/mol. The van der Waals surface area contributed by atoms with Crippen molar-refractivity contribution in [1.29, 1.82) is 0 Å². The van der Waals surface area contributed by atoms with Crippen molar-refractivity contribution in [3.8, 4) is 11.5 Å². The van der Waals surface area contributed by atoms with Crippen LogP contribution in [0.3, 0.4) is 0 Å². The molecule has 0 aromatic heterocycles. The van der Waals surface area contributed by atoms with E-state index < -0.39 is 6.10 Å². The summed E-state index contributed by atoms with van der Waals surface area (Å²) in [6.45, 7) is 0. The molecule has 1 unspecified atom stereocenters. The Bertz CT molecular complexity index is 584. The molecule has 0 heterocycles. The first-order valence-corrected chi connectivity index (χ1v) is 7.58. The third-order valence-corrected chi connectivity index (χ3v) is 4.10. The summed E-state index contributed by atoms with van der Waals surface area (Å²) >= 11 is 3.48. The lowest BCUT2D eigenvalue weighted by Gasteiger charge is -2.16. The number of aliphatic hydroxyl groups is 1. The minimum absolute atomic E-state index is 0.556. The first kappa shape index (κ1) is 15.9. The van der Waals surface area contributed by atoms with Gasteiger partial charge >= 0.3 is 0 Å². The molecule has 0 saturated carbocycles. The quantitative estimate of drug-likeness (QED) is 0.850. The van der Waals surface area contributed by atoms with Crippen molar-refractivity contribution in [2.45, 2.75) is 18.9 Å². The molecule has 4 heteroatoms. The van der Waals surface area contributed by atoms with Crippen molar-refractivity contribution in [1.82, 2.24) is 0 Å². The second-order valence-corrected chi connectivity index (χ2v) is 5.62. The molecule has 112 valence electrons. The van der Waals surface area contributed by atoms with Crippen LogP contribution in [0.4, 0.5) is 0 Å². The maximum absolute atomic E-state index is 10.4. The van der Waals surface area contributed by atoms with Crippen LogP contribution in [-0.4, -0.2) is 19.3 Å². The summed E-state index contributed by atoms with van der Waals surface area (Å²) in [5, 5.41) is 10.4. The molecule has 0 fully saturated rings. The Morgan fingerprint density at radius 3 is 2.29 bits per heavy atom. The molecule has 0 saturated heterocycles. The van der Waals surface area contributed by atoms with E-state index in [2.05, 4.69) is 28.1 Å². The summed E-state index contributed by atoms with van der Waals surface area (Å²) in [6, 6.07) is 13.8. The van der Waals surface area contributed by atoms with E-state index in [1.54, 1.807) is 14.2 Å². The predicted octanol–water partition coefficient (Wildman–Crippen LogP) is 4.13. The average Bonchev–Trinajstić information content (AvgIpc) is 2.53. The van der Waals surface area contributed by atoms with Crippen molar-refractivity contribution < 1.29 is 14.6 Å². The number of halogens is 1. The van der Waals surface area contributed by atoms with Gasteiger partial charge in [-0.2, -0.15) is 0 Å². The Kier molecular flexibility index (Phi) is 5.65. The van der Waals surface area contributed by atoms with Crippen molar-refractivity contribution >= 4 is 15.9 Å². The fraction of sp³-hybridized carbons (Fsp3) is 0.294. The first-order valence-electron chi connectivity index (χ1n) is 6.79. The standard InChI is InChI=1S/C17H19BrO3/c1-20-16-10-13(14(18)11-17(16)21-2)15(19)9-8-12-6-4-3-5-7-12/h3-7,10-11,15,19H,8-9H2,1-2H3. The largest absolute Gasteiger partial charge is 0.493 e. The summed E-state index contributed by atoms with van der Waals surface area (Å²) in [6.07, 6.45) is 0.917. The second kappa shape index (κ2) is 7.48. The van der Waals surface area contributed by atoms with Crippen LogP contribution in [0.15, 0.2) is 46.9 Å². The van der Waals surface area contributed by atoms with E-state index in [1.807, 2.05) is 30.3 Å². The van der Waals surface area contributed by atoms with Gasteiger partial charge in [-0.15, -0.1) is 0 Å². The summed E-state index contributed by atoms with van der Waals surface area (Å²) < 4.78 is 11.4. The topological polar surface area (TPSA) is 38.7 Å². The van der Waals surface area contributed by atoms with E-state index in [4.69, 9.17) is 9.47 Å². The number of hydrogen-bond donors (Lipinski definition) is 1. The Hall–Kier alpha value is -1.52. The minimum atomic E-state index is -0.556. The van der Waals surface area contributed by atoms with Crippen LogP contribution in [0.2, 0.25) is 0 Å². The lowest BCUT2D eigenvalue weighted by Crippen LogP contribution is -2.02. The van der Waals surface area contributed by atoms with E-state index >= 15 is 0 Å². The third kappa shape index (κ3) is 3.99. The minimum Gasteiger partial charge on any atom is -0.493 e. The summed E-state index contributed by atoms with van der Waals surface area (Å²) in [5.74, 6) is 1.26. The lowest BCUT2D eigenvalue weighted by atomic mass is 10.0. The van der Waals surface area contributed by atoms with E-state index in [0.29, 0.717) is 17.9 Å². The molecular formula is C17H19BrO3. The van der Waals surface area contributed by atoms with Crippen LogP contribution in [0.5, 0.6) is 11.5 Å². The number of methoxy groups -OCH3 is 2. The number of benzene rings is 2. The maximum Gasteiger partial charge on any atom is 0.161 e. The molecule has 0 aliphatic carbocycles. The molecule has 0 aliphatic rings. The molecule has 0 bridgehead atoms. The highest BCUT2D eigenvalue weighted by Gasteiger charge is 2.16. The van der Waals surface area contributed by atoms with E-state index in [-0.39, 0.29) is 0 Å². The van der Waals surface area contributed by atoms with Crippen LogP contribution >= 0.6 is 15.9 Å². The van der Waals surface area contributed by atoms with Gasteiger partial charge in [0.05, 0.1) is 20.3 Å². The summed E-state index contributed by atoms with van der Waals surface area (Å²) in [4.78, 5) is 0. The van der Waals surface area contributed by atoms with Crippen molar-refractivity contribution in [2.75, 3.05) is 14.2 Å². The fourth-order valence-corrected chi connectivity index (χ4v) is 2.82. The van der Waals surface area contributed by atoms with Gasteiger partial charge in [-0.1, -0.05) is 46.3 Å². The Labute approximate surface area is 133 Å². The fourth-order valence-electron chi connectivity index (χ4n) is 2.23. The van der Waals surface area contributed by atoms with Crippen LogP contribution in [0.1, 0.15) is 23.7 Å². The van der Waals surface area contributed by atoms with Crippen LogP contribution < -0.4 is 9.47 Å². The molecule has 0 spiro atoms. The Morgan fingerprint density at radius 2 is 1.67 bits per heavy atom. The second-order valence-electron chi connectivity index (χ2n) is 4.77. The van der Waals surface area contributed by atoms with Gasteiger partial charge in [0.2, 0.25) is 0 Å². The number of ether oxygens (including phenoxy) is 2. The average molecular weight is 351 g/mol. The van der Waals surface area contributed by atoms with Gasteiger partial charge in [-0.25, -0.2) is 0 Å². The molecule has 2 aromatic rings. The molecule has 0 radical (unpaired) electrons. The number of aliphatic hydroxyl groups excluding tert-OH is 1. The zero-order valence-corrected chi connectivity index (χ0v) is 13.8. The van der Waals surface area contributed by atoms with Gasteiger partial charge in [0.25, 0.3) is 0 Å². The highest BCUT2D eigenvalue weighted by Crippen LogP contribution is 2.37. The van der Waals surface area contributed by atoms with Crippen molar-refractivity contribution in [3.63, 3.8) is 0 Å². The summed E-state index contributed by atoms with van der Waals surface area (Å²) in [5.41, 5.74) is 2.02. The van der Waals surface area contributed by atoms with Crippen molar-refractivity contribution in [2.24, 2.45) is 0 Å². The van der Waals surface area contributed by atoms with Gasteiger partial charge in [-0.3, -0.25) is 0 Å². The van der Waals surface area contributed by atoms with E-state index in [9.17, 15) is 5.11 Å². The molecule has 3 nitrogen and oxygen atoms in total. The van der Waals surface area contributed by atoms with E-state index in [1.165, 1.54) is 5.56 Å². The molecule has 1 N–H and O–H groups in total. The van der Waals surface area contributed by atoms with Crippen LogP contribution in [-0.2, 0) is 6.42 Å². The molecule has 2 rings (SSSR count). The zero-order valence-electron chi connectivity index (χ0n) is 12.2. The predicted molar refractivity (Wildman–Crippen MR) is 87.0 cm³/mol. The normalized spacial score (nSPS) is 12.0. The van der Waals surface area contributed by atoms with Crippen LogP contribution in [0.25, 0.3) is 0 Å². The lowest BCUT2D eigenvalue weighted by molar-refractivity contribution is 0.166. The number of rotatable bonds is 6. The third-order valence-electron chi connectivity index (χ3n) is 3.41. The Morgan fingerprint density at radius 1 is 1.05 bits per heavy atom. The number of aryl methyl sites for hydroxylation is 1. The first-order chi connectivity index (χ1) is 10.2. The van der Waals surface area contributed by atoms with Gasteiger partial charge in [0.1, 0.15) is 0 Å². The molecular weight excluding hydrogens is 332 g/mol. The molecule has 2 aromatic carbocycles. The maximum atomic E-state index is 10.4. The molecule has 0 amide bonds. The molecule has 1 atom stereocenters. The van der Waals surface area contributed by atoms with Gasteiger partial charge in [0, 0.05) is 4.47 Å². The zero-order chi connectivity index (χ0) is 15.2. The molecule has 0 aliphatic heterocycles. The van der Waals surface area contributed by atoms with Crippen LogP contribution in [0, 0.1) is 0 Å².